The number of hydrogen-bond donors (Lipinski definition) is 1. The lowest BCUT2D eigenvalue weighted by Gasteiger charge is -2.32. The first-order valence-electron chi connectivity index (χ1n) is 12.9. The highest BCUT2D eigenvalue weighted by Crippen LogP contribution is 2.26. The molecule has 2 atom stereocenters. The van der Waals surface area contributed by atoms with E-state index in [-0.39, 0.29) is 23.4 Å². The molecule has 2 amide bonds. The molecule has 0 spiro atoms. The summed E-state index contributed by atoms with van der Waals surface area (Å²) in [6, 6.07) is 19.9. The van der Waals surface area contributed by atoms with Gasteiger partial charge in [0, 0.05) is 17.1 Å². The molecule has 0 aliphatic heterocycles. The van der Waals surface area contributed by atoms with Gasteiger partial charge in [-0.1, -0.05) is 59.3 Å². The van der Waals surface area contributed by atoms with Crippen LogP contribution in [0.25, 0.3) is 0 Å². The molecule has 1 N–H and O–H groups in total. The van der Waals surface area contributed by atoms with Crippen molar-refractivity contribution in [3.63, 3.8) is 0 Å². The average molecular weight is 615 g/mol. The molecule has 3 rings (SSSR count). The van der Waals surface area contributed by atoms with Crippen LogP contribution >= 0.6 is 15.9 Å². The van der Waals surface area contributed by atoms with Gasteiger partial charge < -0.3 is 10.2 Å². The molecule has 7 nitrogen and oxygen atoms in total. The molecule has 9 heteroatoms. The number of nitrogens with one attached hydrogen (secondary N) is 1. The minimum absolute atomic E-state index is 0.0601. The predicted octanol–water partition coefficient (Wildman–Crippen LogP) is 5.59. The minimum Gasteiger partial charge on any atom is -0.352 e. The first-order valence-corrected chi connectivity index (χ1v) is 15.2. The molecule has 0 unspecified atom stereocenters. The molecule has 0 aromatic heterocycles. The second-order valence-electron chi connectivity index (χ2n) is 9.74. The lowest BCUT2D eigenvalue weighted by Crippen LogP contribution is -2.52. The van der Waals surface area contributed by atoms with E-state index in [9.17, 15) is 18.0 Å². The van der Waals surface area contributed by atoms with Gasteiger partial charge in [-0.15, -0.1) is 0 Å². The molecule has 0 aliphatic carbocycles. The van der Waals surface area contributed by atoms with E-state index >= 15 is 0 Å². The fraction of sp³-hybridized carbons (Fsp3) is 0.333. The van der Waals surface area contributed by atoms with Crippen LogP contribution in [0.3, 0.4) is 0 Å². The van der Waals surface area contributed by atoms with Gasteiger partial charge in [-0.3, -0.25) is 13.9 Å². The van der Waals surface area contributed by atoms with Crippen LogP contribution in [0.4, 0.5) is 5.69 Å². The maximum Gasteiger partial charge on any atom is 0.264 e. The molecule has 208 valence electrons. The van der Waals surface area contributed by atoms with Gasteiger partial charge >= 0.3 is 0 Å². The fourth-order valence-electron chi connectivity index (χ4n) is 3.96. The third-order valence-electron chi connectivity index (χ3n) is 6.82. The van der Waals surface area contributed by atoms with E-state index in [1.54, 1.807) is 37.3 Å². The summed E-state index contributed by atoms with van der Waals surface area (Å²) >= 11 is 3.42. The van der Waals surface area contributed by atoms with Crippen LogP contribution in [-0.2, 0) is 26.2 Å². The van der Waals surface area contributed by atoms with E-state index in [4.69, 9.17) is 0 Å². The zero-order valence-electron chi connectivity index (χ0n) is 23.0. The maximum atomic E-state index is 14.0. The van der Waals surface area contributed by atoms with E-state index < -0.39 is 28.5 Å². The zero-order chi connectivity index (χ0) is 28.7. The Kier molecular flexibility index (Phi) is 10.3. The van der Waals surface area contributed by atoms with Crippen molar-refractivity contribution in [2.24, 2.45) is 0 Å². The summed E-state index contributed by atoms with van der Waals surface area (Å²) in [5, 5.41) is 2.94. The Morgan fingerprint density at radius 3 is 2.15 bits per heavy atom. The van der Waals surface area contributed by atoms with E-state index in [0.717, 1.165) is 31.9 Å². The van der Waals surface area contributed by atoms with Crippen molar-refractivity contribution < 1.29 is 18.0 Å². The Morgan fingerprint density at radius 1 is 0.923 bits per heavy atom. The molecule has 0 bridgehead atoms. The van der Waals surface area contributed by atoms with Gasteiger partial charge in [0.1, 0.15) is 12.6 Å². The lowest BCUT2D eigenvalue weighted by molar-refractivity contribution is -0.139. The number of sulfonamides is 1. The molecule has 0 fully saturated rings. The Morgan fingerprint density at radius 2 is 1.56 bits per heavy atom. The number of halogens is 1. The topological polar surface area (TPSA) is 86.8 Å². The van der Waals surface area contributed by atoms with E-state index in [2.05, 4.69) is 21.2 Å². The summed E-state index contributed by atoms with van der Waals surface area (Å²) in [7, 11) is -4.08. The SMILES string of the molecule is CC[C@@H](C)NC(=O)[C@@H](C)N(Cc1ccc(Br)cc1)C(=O)CN(c1ccc(C)c(C)c1)S(=O)(=O)c1ccccc1. The normalized spacial score (nSPS) is 12.9. The van der Waals surface area contributed by atoms with Gasteiger partial charge in [-0.2, -0.15) is 0 Å². The van der Waals surface area contributed by atoms with Gasteiger partial charge in [0.25, 0.3) is 10.0 Å². The Balaban J connectivity index is 2.03. The average Bonchev–Trinajstić information content (AvgIpc) is 2.92. The number of amides is 2. The number of benzene rings is 3. The molecule has 0 saturated heterocycles. The summed E-state index contributed by atoms with van der Waals surface area (Å²) in [6.07, 6.45) is 0.745. The quantitative estimate of drug-likeness (QED) is 0.305. The largest absolute Gasteiger partial charge is 0.352 e. The van der Waals surface area contributed by atoms with Crippen LogP contribution in [0.15, 0.2) is 82.2 Å². The summed E-state index contributed by atoms with van der Waals surface area (Å²) in [6.45, 7) is 9.06. The second kappa shape index (κ2) is 13.3. The van der Waals surface area contributed by atoms with Gasteiger partial charge in [0.2, 0.25) is 11.8 Å². The Hall–Kier alpha value is -3.17. The first-order chi connectivity index (χ1) is 18.4. The summed E-state index contributed by atoms with van der Waals surface area (Å²) in [4.78, 5) is 28.6. The van der Waals surface area contributed by atoms with Crippen LogP contribution in [0, 0.1) is 13.8 Å². The molecule has 0 radical (unpaired) electrons. The summed E-state index contributed by atoms with van der Waals surface area (Å²) in [5.74, 6) is -0.777. The third kappa shape index (κ3) is 7.70. The number of anilines is 1. The number of rotatable bonds is 11. The van der Waals surface area contributed by atoms with Crippen LogP contribution in [-0.4, -0.2) is 43.8 Å². The Bertz CT molecular complexity index is 1400. The van der Waals surface area contributed by atoms with Crippen molar-refractivity contribution in [1.29, 1.82) is 0 Å². The van der Waals surface area contributed by atoms with Crippen molar-refractivity contribution in [2.45, 2.75) is 64.6 Å². The number of carbonyl (C=O) groups is 2. The highest BCUT2D eigenvalue weighted by atomic mass is 79.9. The highest BCUT2D eigenvalue weighted by molar-refractivity contribution is 9.10. The number of hydrogen-bond acceptors (Lipinski definition) is 4. The van der Waals surface area contributed by atoms with Crippen LogP contribution < -0.4 is 9.62 Å². The second-order valence-corrected chi connectivity index (χ2v) is 12.5. The molecule has 0 heterocycles. The standard InChI is InChI=1S/C30H36BrN3O4S/c1-6-23(4)32-30(36)24(5)33(19-25-13-15-26(31)16-14-25)29(35)20-34(27-17-12-21(2)22(3)18-27)39(37,38)28-10-8-7-9-11-28/h7-18,23-24H,6,19-20H2,1-5H3,(H,32,36)/t23-,24-/m1/s1. The number of aryl methyl sites for hydroxylation is 2. The smallest absolute Gasteiger partial charge is 0.264 e. The first kappa shape index (κ1) is 30.4. The molecule has 0 aliphatic rings. The monoisotopic (exact) mass is 613 g/mol. The van der Waals surface area contributed by atoms with Crippen LogP contribution in [0.5, 0.6) is 0 Å². The van der Waals surface area contributed by atoms with Crippen molar-refractivity contribution in [3.05, 3.63) is 94.0 Å². The lowest BCUT2D eigenvalue weighted by atomic mass is 10.1. The van der Waals surface area contributed by atoms with E-state index in [1.165, 1.54) is 17.0 Å². The molecular formula is C30H36BrN3O4S. The molecule has 39 heavy (non-hydrogen) atoms. The van der Waals surface area contributed by atoms with Crippen molar-refractivity contribution in [1.82, 2.24) is 10.2 Å². The van der Waals surface area contributed by atoms with Crippen LogP contribution in [0.2, 0.25) is 0 Å². The van der Waals surface area contributed by atoms with Gasteiger partial charge in [-0.25, -0.2) is 8.42 Å². The summed E-state index contributed by atoms with van der Waals surface area (Å²) in [5.41, 5.74) is 3.12. The zero-order valence-corrected chi connectivity index (χ0v) is 25.4. The number of carbonyl (C=O) groups excluding carboxylic acids is 2. The molecule has 3 aromatic rings. The van der Waals surface area contributed by atoms with Crippen LogP contribution in [0.1, 0.15) is 43.9 Å². The Labute approximate surface area is 240 Å². The third-order valence-corrected chi connectivity index (χ3v) is 9.14. The molecular weight excluding hydrogens is 578 g/mol. The minimum atomic E-state index is -4.08. The van der Waals surface area contributed by atoms with Crippen molar-refractivity contribution >= 4 is 43.5 Å². The maximum absolute atomic E-state index is 14.0. The van der Waals surface area contributed by atoms with E-state index in [1.807, 2.05) is 58.0 Å². The van der Waals surface area contributed by atoms with Crippen molar-refractivity contribution in [2.75, 3.05) is 10.8 Å². The van der Waals surface area contributed by atoms with Crippen molar-refractivity contribution in [3.8, 4) is 0 Å². The van der Waals surface area contributed by atoms with Gasteiger partial charge in [-0.05, 0) is 87.2 Å². The van der Waals surface area contributed by atoms with Gasteiger partial charge in [0.05, 0.1) is 10.6 Å². The summed E-state index contributed by atoms with van der Waals surface area (Å²) < 4.78 is 29.7. The molecule has 3 aromatic carbocycles. The molecule has 0 saturated carbocycles. The van der Waals surface area contributed by atoms with Gasteiger partial charge in [0.15, 0.2) is 0 Å². The highest BCUT2D eigenvalue weighted by Gasteiger charge is 2.32. The fourth-order valence-corrected chi connectivity index (χ4v) is 5.66. The predicted molar refractivity (Wildman–Crippen MR) is 159 cm³/mol. The number of nitrogens with zero attached hydrogens (tertiary/aromatic N) is 2. The van der Waals surface area contributed by atoms with E-state index in [0.29, 0.717) is 5.69 Å².